The lowest BCUT2D eigenvalue weighted by Gasteiger charge is -2.13. The van der Waals surface area contributed by atoms with Crippen molar-refractivity contribution < 1.29 is 13.9 Å². The maximum Gasteiger partial charge on any atom is 0.266 e. The SMILES string of the molecule is Cc1cccc(OCC(=O)Nc2ccc3nc(C)n(-c4ccc(F)cc4)c(=O)c3c2)c1C. The van der Waals surface area contributed by atoms with Crippen LogP contribution in [0.1, 0.15) is 17.0 Å². The van der Waals surface area contributed by atoms with Gasteiger partial charge in [-0.15, -0.1) is 0 Å². The molecule has 0 atom stereocenters. The fraction of sp³-hybridized carbons (Fsp3) is 0.160. The molecule has 0 aliphatic rings. The summed E-state index contributed by atoms with van der Waals surface area (Å²) in [5.41, 5.74) is 3.24. The fourth-order valence-corrected chi connectivity index (χ4v) is 3.49. The summed E-state index contributed by atoms with van der Waals surface area (Å²) < 4.78 is 20.3. The van der Waals surface area contributed by atoms with Crippen molar-refractivity contribution in [3.05, 3.63) is 93.8 Å². The zero-order chi connectivity index (χ0) is 22.8. The summed E-state index contributed by atoms with van der Waals surface area (Å²) in [7, 11) is 0. The summed E-state index contributed by atoms with van der Waals surface area (Å²) in [5, 5.41) is 3.10. The molecule has 0 saturated carbocycles. The second-order valence-electron chi connectivity index (χ2n) is 7.54. The zero-order valence-corrected chi connectivity index (χ0v) is 18.0. The molecule has 4 rings (SSSR count). The van der Waals surface area contributed by atoms with E-state index in [2.05, 4.69) is 10.3 Å². The summed E-state index contributed by atoms with van der Waals surface area (Å²) >= 11 is 0. The first-order chi connectivity index (χ1) is 15.3. The van der Waals surface area contributed by atoms with Crippen molar-refractivity contribution in [2.75, 3.05) is 11.9 Å². The minimum Gasteiger partial charge on any atom is -0.483 e. The van der Waals surface area contributed by atoms with Gasteiger partial charge < -0.3 is 10.1 Å². The third-order valence-electron chi connectivity index (χ3n) is 5.32. The highest BCUT2D eigenvalue weighted by molar-refractivity contribution is 5.94. The number of fused-ring (bicyclic) bond motifs is 1. The van der Waals surface area contributed by atoms with Gasteiger partial charge in [0, 0.05) is 5.69 Å². The van der Waals surface area contributed by atoms with Gasteiger partial charge in [0.25, 0.3) is 11.5 Å². The Morgan fingerprint density at radius 1 is 1.06 bits per heavy atom. The lowest BCUT2D eigenvalue weighted by atomic mass is 10.1. The first-order valence-corrected chi connectivity index (χ1v) is 10.1. The summed E-state index contributed by atoms with van der Waals surface area (Å²) in [5.74, 6) is 0.402. The van der Waals surface area contributed by atoms with Gasteiger partial charge in [0.2, 0.25) is 0 Å². The van der Waals surface area contributed by atoms with Crippen LogP contribution < -0.4 is 15.6 Å². The van der Waals surface area contributed by atoms with Crippen LogP contribution >= 0.6 is 0 Å². The van der Waals surface area contributed by atoms with Crippen LogP contribution in [0.3, 0.4) is 0 Å². The van der Waals surface area contributed by atoms with Crippen LogP contribution in [0.4, 0.5) is 10.1 Å². The van der Waals surface area contributed by atoms with Crippen LogP contribution in [0.5, 0.6) is 5.75 Å². The summed E-state index contributed by atoms with van der Waals surface area (Å²) in [6.45, 7) is 5.47. The molecule has 0 unspecified atom stereocenters. The molecular formula is C25H22FN3O3. The monoisotopic (exact) mass is 431 g/mol. The maximum atomic E-state index is 13.3. The van der Waals surface area contributed by atoms with Gasteiger partial charge in [0.15, 0.2) is 6.61 Å². The molecule has 32 heavy (non-hydrogen) atoms. The van der Waals surface area contributed by atoms with Crippen molar-refractivity contribution in [3.63, 3.8) is 0 Å². The largest absolute Gasteiger partial charge is 0.483 e. The van der Waals surface area contributed by atoms with E-state index in [1.165, 1.54) is 28.8 Å². The van der Waals surface area contributed by atoms with E-state index in [-0.39, 0.29) is 23.9 Å². The van der Waals surface area contributed by atoms with Gasteiger partial charge in [0.05, 0.1) is 16.6 Å². The number of nitrogens with one attached hydrogen (secondary N) is 1. The van der Waals surface area contributed by atoms with Crippen molar-refractivity contribution in [3.8, 4) is 11.4 Å². The van der Waals surface area contributed by atoms with Crippen LogP contribution in [-0.4, -0.2) is 22.1 Å². The number of benzene rings is 3. The van der Waals surface area contributed by atoms with E-state index >= 15 is 0 Å². The van der Waals surface area contributed by atoms with Crippen molar-refractivity contribution in [2.45, 2.75) is 20.8 Å². The molecule has 0 fully saturated rings. The Kier molecular flexibility index (Phi) is 5.73. The second kappa shape index (κ2) is 8.63. The van der Waals surface area contributed by atoms with Crippen molar-refractivity contribution in [2.24, 2.45) is 0 Å². The zero-order valence-electron chi connectivity index (χ0n) is 18.0. The van der Waals surface area contributed by atoms with Crippen LogP contribution in [0, 0.1) is 26.6 Å². The van der Waals surface area contributed by atoms with Gasteiger partial charge in [-0.2, -0.15) is 0 Å². The molecule has 6 nitrogen and oxygen atoms in total. The molecular weight excluding hydrogens is 409 g/mol. The summed E-state index contributed by atoms with van der Waals surface area (Å²) in [6, 6.07) is 16.2. The van der Waals surface area contributed by atoms with Crippen LogP contribution in [0.25, 0.3) is 16.6 Å². The molecule has 1 heterocycles. The topological polar surface area (TPSA) is 73.2 Å². The van der Waals surface area contributed by atoms with E-state index in [0.29, 0.717) is 33.9 Å². The molecule has 0 saturated heterocycles. The van der Waals surface area contributed by atoms with Crippen LogP contribution in [0.15, 0.2) is 65.5 Å². The van der Waals surface area contributed by atoms with Crippen molar-refractivity contribution >= 4 is 22.5 Å². The Balaban J connectivity index is 1.58. The highest BCUT2D eigenvalue weighted by Crippen LogP contribution is 2.21. The number of ether oxygens (including phenoxy) is 1. The van der Waals surface area contributed by atoms with Gasteiger partial charge >= 0.3 is 0 Å². The maximum absolute atomic E-state index is 13.3. The normalized spacial score (nSPS) is 10.9. The number of nitrogens with zero attached hydrogens (tertiary/aromatic N) is 2. The second-order valence-corrected chi connectivity index (χ2v) is 7.54. The number of rotatable bonds is 5. The van der Waals surface area contributed by atoms with E-state index in [0.717, 1.165) is 11.1 Å². The average molecular weight is 431 g/mol. The molecule has 0 aliphatic carbocycles. The minimum atomic E-state index is -0.388. The Morgan fingerprint density at radius 3 is 2.56 bits per heavy atom. The molecule has 0 spiro atoms. The number of amides is 1. The fourth-order valence-electron chi connectivity index (χ4n) is 3.49. The van der Waals surface area contributed by atoms with E-state index in [4.69, 9.17) is 4.74 Å². The third kappa shape index (κ3) is 4.23. The standard InChI is InChI=1S/C25H22FN3O3/c1-15-5-4-6-23(16(15)2)32-14-24(30)28-19-9-12-22-21(13-19)25(31)29(17(3)27-22)20-10-7-18(26)8-11-20/h4-13H,14H2,1-3H3,(H,28,30). The lowest BCUT2D eigenvalue weighted by Crippen LogP contribution is -2.23. The number of halogens is 1. The molecule has 0 aliphatic heterocycles. The van der Waals surface area contributed by atoms with Crippen LogP contribution in [0.2, 0.25) is 0 Å². The van der Waals surface area contributed by atoms with E-state index in [1.807, 2.05) is 32.0 Å². The first kappa shape index (κ1) is 21.2. The predicted octanol–water partition coefficient (Wildman–Crippen LogP) is 4.47. The molecule has 1 N–H and O–H groups in total. The summed E-state index contributed by atoms with van der Waals surface area (Å²) in [6.07, 6.45) is 0. The van der Waals surface area contributed by atoms with Crippen LogP contribution in [-0.2, 0) is 4.79 Å². The Hall–Kier alpha value is -4.00. The summed E-state index contributed by atoms with van der Waals surface area (Å²) in [4.78, 5) is 30.0. The number of carbonyl (C=O) groups excluding carboxylic acids is 1. The number of aromatic nitrogens is 2. The molecule has 3 aromatic carbocycles. The Labute approximate surface area is 184 Å². The molecule has 7 heteroatoms. The lowest BCUT2D eigenvalue weighted by molar-refractivity contribution is -0.118. The van der Waals surface area contributed by atoms with Gasteiger partial charge in [0.1, 0.15) is 17.4 Å². The smallest absolute Gasteiger partial charge is 0.266 e. The number of anilines is 1. The molecule has 1 amide bonds. The quantitative estimate of drug-likeness (QED) is 0.506. The van der Waals surface area contributed by atoms with E-state index in [9.17, 15) is 14.0 Å². The van der Waals surface area contributed by atoms with Gasteiger partial charge in [-0.05, 0) is 80.4 Å². The third-order valence-corrected chi connectivity index (χ3v) is 5.32. The Bertz CT molecular complexity index is 1380. The number of aryl methyl sites for hydroxylation is 2. The number of hydrogen-bond donors (Lipinski definition) is 1. The number of hydrogen-bond acceptors (Lipinski definition) is 4. The minimum absolute atomic E-state index is 0.158. The van der Waals surface area contributed by atoms with E-state index < -0.39 is 0 Å². The number of carbonyl (C=O) groups is 1. The van der Waals surface area contributed by atoms with Crippen molar-refractivity contribution in [1.29, 1.82) is 0 Å². The molecule has 0 bridgehead atoms. The van der Waals surface area contributed by atoms with Gasteiger partial charge in [-0.3, -0.25) is 14.2 Å². The first-order valence-electron chi connectivity index (χ1n) is 10.1. The predicted molar refractivity (Wildman–Crippen MR) is 122 cm³/mol. The molecule has 4 aromatic rings. The van der Waals surface area contributed by atoms with Gasteiger partial charge in [-0.25, -0.2) is 9.37 Å². The Morgan fingerprint density at radius 2 is 1.81 bits per heavy atom. The highest BCUT2D eigenvalue weighted by Gasteiger charge is 2.12. The molecule has 1 aromatic heterocycles. The molecule has 162 valence electrons. The van der Waals surface area contributed by atoms with E-state index in [1.54, 1.807) is 25.1 Å². The highest BCUT2D eigenvalue weighted by atomic mass is 19.1. The van der Waals surface area contributed by atoms with Crippen molar-refractivity contribution in [1.82, 2.24) is 9.55 Å². The molecule has 0 radical (unpaired) electrons. The van der Waals surface area contributed by atoms with Gasteiger partial charge in [-0.1, -0.05) is 12.1 Å². The average Bonchev–Trinajstić information content (AvgIpc) is 2.76.